The molecule has 0 radical (unpaired) electrons. The molecule has 6 rings (SSSR count). The van der Waals surface area contributed by atoms with Crippen LogP contribution in [-0.4, -0.2) is 61.2 Å². The first-order chi connectivity index (χ1) is 18.0. The lowest BCUT2D eigenvalue weighted by Crippen LogP contribution is -2.55. The van der Waals surface area contributed by atoms with E-state index < -0.39 is 0 Å². The number of aromatic amines is 1. The molecule has 1 atom stereocenters. The largest absolute Gasteiger partial charge is 0.497 e. The Hall–Kier alpha value is -2.90. The highest BCUT2D eigenvalue weighted by molar-refractivity contribution is 5.88. The van der Waals surface area contributed by atoms with E-state index in [-0.39, 0.29) is 23.2 Å². The van der Waals surface area contributed by atoms with Gasteiger partial charge in [-0.15, -0.1) is 0 Å². The molecular formula is C30H36FN3O3. The van der Waals surface area contributed by atoms with E-state index in [1.165, 1.54) is 23.4 Å². The molecule has 7 heteroatoms. The number of hydrogen-bond acceptors (Lipinski definition) is 4. The Morgan fingerprint density at radius 1 is 1.14 bits per heavy atom. The minimum atomic E-state index is -0.180. The van der Waals surface area contributed by atoms with Crippen LogP contribution in [0, 0.1) is 11.7 Å². The summed E-state index contributed by atoms with van der Waals surface area (Å²) in [6.07, 6.45) is 5.02. The molecule has 1 N–H and O–H groups in total. The molecule has 3 aliphatic rings. The number of methoxy groups -OCH3 is 2. The second-order valence-electron chi connectivity index (χ2n) is 11.0. The molecule has 196 valence electrons. The lowest BCUT2D eigenvalue weighted by Gasteiger charge is -2.51. The maximum atomic E-state index is 14.8. The van der Waals surface area contributed by atoms with Gasteiger partial charge in [0.25, 0.3) is 0 Å². The van der Waals surface area contributed by atoms with Gasteiger partial charge < -0.3 is 19.4 Å². The van der Waals surface area contributed by atoms with E-state index in [9.17, 15) is 9.18 Å². The highest BCUT2D eigenvalue weighted by Gasteiger charge is 2.48. The van der Waals surface area contributed by atoms with Crippen molar-refractivity contribution in [3.63, 3.8) is 0 Å². The van der Waals surface area contributed by atoms with E-state index in [2.05, 4.69) is 26.9 Å². The van der Waals surface area contributed by atoms with Crippen LogP contribution in [0.25, 0.3) is 10.9 Å². The predicted molar refractivity (Wildman–Crippen MR) is 141 cm³/mol. The lowest BCUT2D eigenvalue weighted by molar-refractivity contribution is -0.140. The summed E-state index contributed by atoms with van der Waals surface area (Å²) >= 11 is 0. The smallest absolute Gasteiger partial charge is 0.225 e. The van der Waals surface area contributed by atoms with E-state index in [0.717, 1.165) is 62.3 Å². The first kappa shape index (κ1) is 24.4. The standard InChI is InChI=1S/C30H36FN3O3/c1-36-18-26-28-27(23-11-10-22(37-2)16-25(23)32-28)30(19-34(26)17-21-6-3-4-9-24(21)31)12-14-33(15-13-30)29(35)20-7-5-8-20/h3-4,6,9-11,16,20,26,32H,5,7-8,12-15,17-19H2,1-2H3. The van der Waals surface area contributed by atoms with Gasteiger partial charge in [0.15, 0.2) is 0 Å². The van der Waals surface area contributed by atoms with Crippen LogP contribution in [0.5, 0.6) is 5.75 Å². The summed E-state index contributed by atoms with van der Waals surface area (Å²) in [5.41, 5.74) is 4.09. The average Bonchev–Trinajstić information content (AvgIpc) is 3.27. The van der Waals surface area contributed by atoms with Crippen LogP contribution in [0.2, 0.25) is 0 Å². The molecular weight excluding hydrogens is 469 g/mol. The van der Waals surface area contributed by atoms with Gasteiger partial charge in [-0.2, -0.15) is 0 Å². The number of nitrogens with zero attached hydrogens (tertiary/aromatic N) is 2. The molecule has 0 bridgehead atoms. The maximum Gasteiger partial charge on any atom is 0.225 e. The van der Waals surface area contributed by atoms with Crippen molar-refractivity contribution in [1.82, 2.24) is 14.8 Å². The normalized spacial score (nSPS) is 21.7. The van der Waals surface area contributed by atoms with Crippen molar-refractivity contribution < 1.29 is 18.7 Å². The van der Waals surface area contributed by atoms with Crippen LogP contribution in [0.4, 0.5) is 4.39 Å². The Bertz CT molecular complexity index is 1290. The van der Waals surface area contributed by atoms with Gasteiger partial charge in [-0.05, 0) is 49.4 Å². The highest BCUT2D eigenvalue weighted by Crippen LogP contribution is 2.50. The Morgan fingerprint density at radius 2 is 1.92 bits per heavy atom. The molecule has 1 spiro atoms. The van der Waals surface area contributed by atoms with Crippen molar-refractivity contribution in [2.24, 2.45) is 5.92 Å². The van der Waals surface area contributed by atoms with E-state index in [4.69, 9.17) is 9.47 Å². The Kier molecular flexibility index (Phi) is 6.45. The van der Waals surface area contributed by atoms with E-state index in [1.54, 1.807) is 20.3 Å². The molecule has 3 heterocycles. The summed E-state index contributed by atoms with van der Waals surface area (Å²) in [7, 11) is 3.41. The van der Waals surface area contributed by atoms with Crippen molar-refractivity contribution in [2.45, 2.75) is 50.1 Å². The molecule has 2 fully saturated rings. The van der Waals surface area contributed by atoms with Crippen molar-refractivity contribution in [3.05, 3.63) is 65.1 Å². The predicted octanol–water partition coefficient (Wildman–Crippen LogP) is 5.18. The number of ether oxygens (including phenoxy) is 2. The van der Waals surface area contributed by atoms with Gasteiger partial charge in [0.1, 0.15) is 11.6 Å². The fourth-order valence-electron chi connectivity index (χ4n) is 6.74. The number of nitrogens with one attached hydrogen (secondary N) is 1. The number of benzene rings is 2. The molecule has 1 amide bonds. The number of fused-ring (bicyclic) bond motifs is 4. The summed E-state index contributed by atoms with van der Waals surface area (Å²) in [5.74, 6) is 1.19. The third-order valence-corrected chi connectivity index (χ3v) is 8.99. The Labute approximate surface area is 217 Å². The molecule has 37 heavy (non-hydrogen) atoms. The molecule has 2 aromatic carbocycles. The highest BCUT2D eigenvalue weighted by atomic mass is 19.1. The van der Waals surface area contributed by atoms with Gasteiger partial charge in [0.2, 0.25) is 5.91 Å². The van der Waals surface area contributed by atoms with Crippen LogP contribution < -0.4 is 4.74 Å². The third kappa shape index (κ3) is 4.22. The molecule has 1 aromatic heterocycles. The minimum absolute atomic E-state index is 0.0294. The van der Waals surface area contributed by atoms with Gasteiger partial charge >= 0.3 is 0 Å². The number of carbonyl (C=O) groups is 1. The maximum absolute atomic E-state index is 14.8. The van der Waals surface area contributed by atoms with Gasteiger partial charge in [-0.3, -0.25) is 9.69 Å². The summed E-state index contributed by atoms with van der Waals surface area (Å²) < 4.78 is 26.0. The molecule has 2 aliphatic heterocycles. The van der Waals surface area contributed by atoms with Crippen molar-refractivity contribution in [3.8, 4) is 5.75 Å². The summed E-state index contributed by atoms with van der Waals surface area (Å²) in [6, 6.07) is 13.3. The monoisotopic (exact) mass is 505 g/mol. The van der Waals surface area contributed by atoms with Crippen LogP contribution in [-0.2, 0) is 21.5 Å². The van der Waals surface area contributed by atoms with E-state index in [0.29, 0.717) is 24.6 Å². The van der Waals surface area contributed by atoms with Crippen LogP contribution in [0.15, 0.2) is 42.5 Å². The van der Waals surface area contributed by atoms with Crippen LogP contribution in [0.3, 0.4) is 0 Å². The SMILES string of the molecule is COCC1c2[nH]c3cc(OC)ccc3c2C2(CCN(C(=O)C3CCC3)CC2)CN1Cc1ccccc1F. The fourth-order valence-corrected chi connectivity index (χ4v) is 6.74. The summed E-state index contributed by atoms with van der Waals surface area (Å²) in [6.45, 7) is 3.34. The van der Waals surface area contributed by atoms with Crippen LogP contribution >= 0.6 is 0 Å². The molecule has 1 aliphatic carbocycles. The Morgan fingerprint density at radius 3 is 2.59 bits per heavy atom. The third-order valence-electron chi connectivity index (χ3n) is 8.99. The van der Waals surface area contributed by atoms with E-state index in [1.807, 2.05) is 18.2 Å². The fraction of sp³-hybridized carbons (Fsp3) is 0.500. The second-order valence-corrected chi connectivity index (χ2v) is 11.0. The number of piperidine rings is 1. The molecule has 1 saturated heterocycles. The lowest BCUT2D eigenvalue weighted by atomic mass is 9.68. The number of amides is 1. The number of carbonyl (C=O) groups excluding carboxylic acids is 1. The first-order valence-corrected chi connectivity index (χ1v) is 13.5. The van der Waals surface area contributed by atoms with Crippen LogP contribution in [0.1, 0.15) is 55.0 Å². The number of likely N-dealkylation sites (tertiary alicyclic amines) is 1. The number of H-pyrrole nitrogens is 1. The molecule has 1 unspecified atom stereocenters. The van der Waals surface area contributed by atoms with Gasteiger partial charge in [-0.25, -0.2) is 4.39 Å². The first-order valence-electron chi connectivity index (χ1n) is 13.5. The number of rotatable bonds is 6. The zero-order valence-electron chi connectivity index (χ0n) is 21.8. The van der Waals surface area contributed by atoms with Gasteiger partial charge in [-0.1, -0.05) is 24.6 Å². The number of hydrogen-bond donors (Lipinski definition) is 1. The topological polar surface area (TPSA) is 57.8 Å². The summed E-state index contributed by atoms with van der Waals surface area (Å²) in [5, 5.41) is 1.21. The minimum Gasteiger partial charge on any atom is -0.497 e. The average molecular weight is 506 g/mol. The van der Waals surface area contributed by atoms with Crippen molar-refractivity contribution in [2.75, 3.05) is 40.5 Å². The zero-order chi connectivity index (χ0) is 25.6. The van der Waals surface area contributed by atoms with E-state index >= 15 is 0 Å². The number of aromatic nitrogens is 1. The van der Waals surface area contributed by atoms with Gasteiger partial charge in [0.05, 0.1) is 19.8 Å². The number of halogens is 1. The summed E-state index contributed by atoms with van der Waals surface area (Å²) in [4.78, 5) is 21.2. The molecule has 6 nitrogen and oxygen atoms in total. The van der Waals surface area contributed by atoms with Crippen molar-refractivity contribution in [1.29, 1.82) is 0 Å². The Balaban J connectivity index is 1.41. The zero-order valence-corrected chi connectivity index (χ0v) is 21.8. The quantitative estimate of drug-likeness (QED) is 0.502. The van der Waals surface area contributed by atoms with Gasteiger partial charge in [0, 0.05) is 72.8 Å². The second kappa shape index (κ2) is 9.76. The van der Waals surface area contributed by atoms with Crippen molar-refractivity contribution >= 4 is 16.8 Å². The molecule has 1 saturated carbocycles. The molecule has 3 aromatic rings.